The van der Waals surface area contributed by atoms with Crippen LogP contribution >= 0.6 is 0 Å². The molecular formula is C22H30FN5O3. The molecule has 1 N–H and O–H groups in total. The lowest BCUT2D eigenvalue weighted by Gasteiger charge is -2.37. The molecule has 2 aliphatic rings. The van der Waals surface area contributed by atoms with Crippen LogP contribution in [0.25, 0.3) is 0 Å². The molecule has 1 aromatic heterocycles. The Morgan fingerprint density at radius 2 is 2.00 bits per heavy atom. The van der Waals surface area contributed by atoms with Gasteiger partial charge in [0.2, 0.25) is 5.91 Å². The van der Waals surface area contributed by atoms with Gasteiger partial charge in [0, 0.05) is 32.6 Å². The van der Waals surface area contributed by atoms with Gasteiger partial charge in [-0.05, 0) is 44.4 Å². The van der Waals surface area contributed by atoms with E-state index in [4.69, 9.17) is 4.74 Å². The Kier molecular flexibility index (Phi) is 6.41. The highest BCUT2D eigenvalue weighted by molar-refractivity contribution is 5.75. The molecule has 31 heavy (non-hydrogen) atoms. The van der Waals surface area contributed by atoms with Crippen molar-refractivity contribution in [3.05, 3.63) is 45.9 Å². The molecule has 1 aromatic carbocycles. The summed E-state index contributed by atoms with van der Waals surface area (Å²) in [5.41, 5.74) is 0.969. The summed E-state index contributed by atoms with van der Waals surface area (Å²) in [6.45, 7) is 5.95. The molecule has 0 spiro atoms. The number of rotatable bonds is 5. The van der Waals surface area contributed by atoms with Gasteiger partial charge in [0.05, 0.1) is 17.9 Å². The molecule has 2 unspecified atom stereocenters. The number of carbonyl (C=O) groups is 1. The summed E-state index contributed by atoms with van der Waals surface area (Å²) >= 11 is 0. The number of aromatic nitrogens is 3. The highest BCUT2D eigenvalue weighted by atomic mass is 19.1. The van der Waals surface area contributed by atoms with Crippen LogP contribution in [0.2, 0.25) is 0 Å². The predicted molar refractivity (Wildman–Crippen MR) is 115 cm³/mol. The number of carbonyl (C=O) groups excluding carboxylic acids is 1. The lowest BCUT2D eigenvalue weighted by molar-refractivity contribution is -0.122. The molecule has 1 saturated heterocycles. The van der Waals surface area contributed by atoms with Crippen molar-refractivity contribution in [2.75, 3.05) is 18.0 Å². The number of hydrogen-bond acceptors (Lipinski definition) is 5. The first-order chi connectivity index (χ1) is 14.9. The lowest BCUT2D eigenvalue weighted by atomic mass is 10.1. The van der Waals surface area contributed by atoms with E-state index < -0.39 is 0 Å². The summed E-state index contributed by atoms with van der Waals surface area (Å²) in [5.74, 6) is 0.109. The number of amides is 1. The first-order valence-corrected chi connectivity index (χ1v) is 11.0. The van der Waals surface area contributed by atoms with Crippen LogP contribution in [0.4, 0.5) is 10.1 Å². The fourth-order valence-corrected chi connectivity index (χ4v) is 4.41. The molecule has 8 nitrogen and oxygen atoms in total. The van der Waals surface area contributed by atoms with Crippen molar-refractivity contribution < 1.29 is 13.9 Å². The van der Waals surface area contributed by atoms with E-state index in [0.717, 1.165) is 31.5 Å². The SMILES string of the molecule is CC1CN(c2ccc(CNC(=O)Cn3nc4n(c3=O)CCCCC4)cc2F)CC(C)O1. The minimum Gasteiger partial charge on any atom is -0.372 e. The van der Waals surface area contributed by atoms with Crippen LogP contribution in [-0.4, -0.2) is 45.6 Å². The molecule has 4 rings (SSSR count). The van der Waals surface area contributed by atoms with Crippen molar-refractivity contribution >= 4 is 11.6 Å². The number of morpholine rings is 1. The highest BCUT2D eigenvalue weighted by Crippen LogP contribution is 2.24. The standard InChI is InChI=1S/C22H30FN5O3/c1-15-12-26(13-16(2)31-15)19-8-7-17(10-18(19)23)11-24-21(29)14-28-22(30)27-9-5-3-4-6-20(27)25-28/h7-8,10,15-16H,3-6,9,11-14H2,1-2H3,(H,24,29). The van der Waals surface area contributed by atoms with E-state index in [9.17, 15) is 14.0 Å². The van der Waals surface area contributed by atoms with Gasteiger partial charge in [-0.25, -0.2) is 13.9 Å². The predicted octanol–water partition coefficient (Wildman–Crippen LogP) is 1.84. The topological polar surface area (TPSA) is 81.4 Å². The van der Waals surface area contributed by atoms with Gasteiger partial charge in [0.25, 0.3) is 0 Å². The zero-order chi connectivity index (χ0) is 22.0. The summed E-state index contributed by atoms with van der Waals surface area (Å²) in [6, 6.07) is 5.01. The fraction of sp³-hybridized carbons (Fsp3) is 0.591. The van der Waals surface area contributed by atoms with Crippen molar-refractivity contribution in [3.63, 3.8) is 0 Å². The number of nitrogens with one attached hydrogen (secondary N) is 1. The third-order valence-corrected chi connectivity index (χ3v) is 5.84. The molecule has 9 heteroatoms. The van der Waals surface area contributed by atoms with E-state index in [1.165, 1.54) is 10.7 Å². The van der Waals surface area contributed by atoms with Gasteiger partial charge in [0.15, 0.2) is 0 Å². The smallest absolute Gasteiger partial charge is 0.346 e. The normalized spacial score (nSPS) is 21.5. The van der Waals surface area contributed by atoms with E-state index in [0.29, 0.717) is 30.9 Å². The Hall–Kier alpha value is -2.68. The third kappa shape index (κ3) is 4.98. The second kappa shape index (κ2) is 9.21. The second-order valence-corrected chi connectivity index (χ2v) is 8.54. The van der Waals surface area contributed by atoms with Crippen molar-refractivity contribution in [1.82, 2.24) is 19.7 Å². The van der Waals surface area contributed by atoms with E-state index in [-0.39, 0.29) is 42.7 Å². The summed E-state index contributed by atoms with van der Waals surface area (Å²) in [6.07, 6.45) is 3.89. The van der Waals surface area contributed by atoms with Crippen LogP contribution in [0.1, 0.15) is 44.5 Å². The number of aryl methyl sites for hydroxylation is 1. The summed E-state index contributed by atoms with van der Waals surface area (Å²) in [7, 11) is 0. The van der Waals surface area contributed by atoms with Crippen molar-refractivity contribution in [2.45, 2.75) is 71.4 Å². The number of nitrogens with zero attached hydrogens (tertiary/aromatic N) is 4. The van der Waals surface area contributed by atoms with Gasteiger partial charge in [0.1, 0.15) is 18.2 Å². The van der Waals surface area contributed by atoms with Gasteiger partial charge < -0.3 is 15.0 Å². The maximum absolute atomic E-state index is 14.7. The van der Waals surface area contributed by atoms with Crippen molar-refractivity contribution in [1.29, 1.82) is 0 Å². The first kappa shape index (κ1) is 21.5. The number of ether oxygens (including phenoxy) is 1. The molecule has 2 atom stereocenters. The van der Waals surface area contributed by atoms with Crippen LogP contribution in [-0.2, 0) is 35.6 Å². The van der Waals surface area contributed by atoms with Crippen molar-refractivity contribution in [3.8, 4) is 0 Å². The average Bonchev–Trinajstić information content (AvgIpc) is 2.88. The number of halogens is 1. The number of benzene rings is 1. The Morgan fingerprint density at radius 3 is 2.74 bits per heavy atom. The maximum Gasteiger partial charge on any atom is 0.346 e. The second-order valence-electron chi connectivity index (χ2n) is 8.54. The number of fused-ring (bicyclic) bond motifs is 1. The molecule has 1 amide bonds. The fourth-order valence-electron chi connectivity index (χ4n) is 4.41. The highest BCUT2D eigenvalue weighted by Gasteiger charge is 2.24. The Balaban J connectivity index is 1.36. The van der Waals surface area contributed by atoms with Gasteiger partial charge in [-0.1, -0.05) is 12.5 Å². The number of anilines is 1. The number of hydrogen-bond donors (Lipinski definition) is 1. The van der Waals surface area contributed by atoms with E-state index in [2.05, 4.69) is 10.4 Å². The van der Waals surface area contributed by atoms with Gasteiger partial charge in [-0.3, -0.25) is 9.36 Å². The van der Waals surface area contributed by atoms with E-state index in [1.54, 1.807) is 10.6 Å². The molecular weight excluding hydrogens is 401 g/mol. The molecule has 168 valence electrons. The van der Waals surface area contributed by atoms with Gasteiger partial charge in [-0.2, -0.15) is 5.10 Å². The van der Waals surface area contributed by atoms with Crippen molar-refractivity contribution in [2.24, 2.45) is 0 Å². The maximum atomic E-state index is 14.7. The van der Waals surface area contributed by atoms with Gasteiger partial charge >= 0.3 is 5.69 Å². The molecule has 0 radical (unpaired) electrons. The van der Waals surface area contributed by atoms with Gasteiger partial charge in [-0.15, -0.1) is 0 Å². The summed E-state index contributed by atoms with van der Waals surface area (Å²) < 4.78 is 23.3. The Morgan fingerprint density at radius 1 is 1.23 bits per heavy atom. The largest absolute Gasteiger partial charge is 0.372 e. The minimum atomic E-state index is -0.323. The van der Waals surface area contributed by atoms with Crippen LogP contribution in [0, 0.1) is 5.82 Å². The molecule has 2 aliphatic heterocycles. The molecule has 0 aliphatic carbocycles. The molecule has 2 aromatic rings. The van der Waals surface area contributed by atoms with Crippen LogP contribution < -0.4 is 15.9 Å². The molecule has 3 heterocycles. The van der Waals surface area contributed by atoms with Crippen LogP contribution in [0.3, 0.4) is 0 Å². The zero-order valence-corrected chi connectivity index (χ0v) is 18.1. The quantitative estimate of drug-likeness (QED) is 0.781. The van der Waals surface area contributed by atoms with E-state index in [1.807, 2.05) is 24.8 Å². The summed E-state index contributed by atoms with van der Waals surface area (Å²) in [5, 5.41) is 7.09. The first-order valence-electron chi connectivity index (χ1n) is 11.0. The van der Waals surface area contributed by atoms with Crippen LogP contribution in [0.5, 0.6) is 0 Å². The summed E-state index contributed by atoms with van der Waals surface area (Å²) in [4.78, 5) is 26.8. The third-order valence-electron chi connectivity index (χ3n) is 5.84. The van der Waals surface area contributed by atoms with Crippen LogP contribution in [0.15, 0.2) is 23.0 Å². The molecule has 1 fully saturated rings. The molecule has 0 bridgehead atoms. The lowest BCUT2D eigenvalue weighted by Crippen LogP contribution is -2.45. The Labute approximate surface area is 181 Å². The Bertz CT molecular complexity index is 992. The zero-order valence-electron chi connectivity index (χ0n) is 18.1. The van der Waals surface area contributed by atoms with E-state index >= 15 is 0 Å². The average molecular weight is 432 g/mol. The molecule has 0 saturated carbocycles. The monoisotopic (exact) mass is 431 g/mol. The minimum absolute atomic E-state index is 0.0449.